The van der Waals surface area contributed by atoms with Crippen LogP contribution in [0.3, 0.4) is 0 Å². The Bertz CT molecular complexity index is 1920. The fraction of sp³-hybridized carbons (Fsp3) is 0.478. The number of hydrogen-bond donors (Lipinski definition) is 1. The molecule has 3 rings (SSSR count). The normalized spacial score (nSPS) is 11.7. The lowest BCUT2D eigenvalue weighted by atomic mass is 10.1. The molecular weight excluding hydrogens is 803 g/mol. The van der Waals surface area contributed by atoms with Crippen LogP contribution in [0.1, 0.15) is 93.7 Å². The summed E-state index contributed by atoms with van der Waals surface area (Å²) in [5.41, 5.74) is 1.19. The van der Waals surface area contributed by atoms with Gasteiger partial charge in [0.15, 0.2) is 0 Å². The predicted octanol–water partition coefficient (Wildman–Crippen LogP) is 7.62. The van der Waals surface area contributed by atoms with Crippen LogP contribution < -0.4 is 10.1 Å². The van der Waals surface area contributed by atoms with Crippen molar-refractivity contribution in [3.63, 3.8) is 0 Å². The first-order valence-corrected chi connectivity index (χ1v) is 20.4. The molecule has 16 heteroatoms. The molecule has 0 atom stereocenters. The van der Waals surface area contributed by atoms with E-state index in [-0.39, 0.29) is 44.4 Å². The van der Waals surface area contributed by atoms with Gasteiger partial charge in [-0.05, 0) is 115 Å². The van der Waals surface area contributed by atoms with Crippen LogP contribution in [0.2, 0.25) is 0 Å². The molecule has 0 radical (unpaired) electrons. The number of esters is 2. The lowest BCUT2D eigenvalue weighted by Gasteiger charge is -2.23. The van der Waals surface area contributed by atoms with Crippen LogP contribution in [0, 0.1) is 0 Å². The molecule has 16 nitrogen and oxygen atoms in total. The number of amidine groups is 1. The average molecular weight is 864 g/mol. The molecule has 0 aliphatic rings. The molecule has 3 aromatic carbocycles. The van der Waals surface area contributed by atoms with Crippen LogP contribution in [0.25, 0.3) is 0 Å². The molecule has 0 bridgehead atoms. The molecule has 0 spiro atoms. The lowest BCUT2D eigenvalue weighted by Crippen LogP contribution is -2.35. The summed E-state index contributed by atoms with van der Waals surface area (Å²) in [7, 11) is 0. The maximum Gasteiger partial charge on any atom is 0.413 e. The fourth-order valence-electron chi connectivity index (χ4n) is 5.14. The molecular formula is C46H61N3O13. The Morgan fingerprint density at radius 1 is 0.629 bits per heavy atom. The summed E-state index contributed by atoms with van der Waals surface area (Å²) < 4.78 is 44.1. The number of aliphatic imine (C=N–C) groups is 1. The highest BCUT2D eigenvalue weighted by Crippen LogP contribution is 2.19. The Morgan fingerprint density at radius 3 is 1.79 bits per heavy atom. The van der Waals surface area contributed by atoms with E-state index in [0.29, 0.717) is 79.8 Å². The van der Waals surface area contributed by atoms with Gasteiger partial charge in [-0.2, -0.15) is 0 Å². The molecule has 0 heterocycles. The molecule has 3 aromatic rings. The molecule has 62 heavy (non-hydrogen) atoms. The summed E-state index contributed by atoms with van der Waals surface area (Å²) in [5, 5.41) is 2.56. The molecule has 0 saturated heterocycles. The highest BCUT2D eigenvalue weighted by molar-refractivity contribution is 5.95. The maximum absolute atomic E-state index is 13.4. The predicted molar refractivity (Wildman–Crippen MR) is 231 cm³/mol. The third kappa shape index (κ3) is 21.7. The van der Waals surface area contributed by atoms with Crippen molar-refractivity contribution in [2.45, 2.75) is 86.2 Å². The van der Waals surface area contributed by atoms with Crippen molar-refractivity contribution in [3.8, 4) is 5.75 Å². The third-order valence-corrected chi connectivity index (χ3v) is 7.99. The van der Waals surface area contributed by atoms with Crippen LogP contribution in [0.15, 0.2) is 77.8 Å². The van der Waals surface area contributed by atoms with Crippen molar-refractivity contribution < 1.29 is 61.9 Å². The molecule has 0 saturated carbocycles. The van der Waals surface area contributed by atoms with Gasteiger partial charge in [-0.15, -0.1) is 0 Å². The number of ketones is 1. The summed E-state index contributed by atoms with van der Waals surface area (Å²) in [6.07, 6.45) is -0.836. The molecule has 1 N–H and O–H groups in total. The van der Waals surface area contributed by atoms with Crippen LogP contribution in [-0.2, 0) is 51.1 Å². The van der Waals surface area contributed by atoms with E-state index < -0.39 is 35.3 Å². The molecule has 338 valence electrons. The highest BCUT2D eigenvalue weighted by Gasteiger charge is 2.21. The van der Waals surface area contributed by atoms with Gasteiger partial charge in [-0.3, -0.25) is 10.1 Å². The first kappa shape index (κ1) is 50.7. The van der Waals surface area contributed by atoms with Gasteiger partial charge in [0.1, 0.15) is 35.2 Å². The summed E-state index contributed by atoms with van der Waals surface area (Å²) in [6, 6.07) is 19.8. The zero-order valence-corrected chi connectivity index (χ0v) is 37.1. The van der Waals surface area contributed by atoms with Gasteiger partial charge < -0.3 is 42.8 Å². The Balaban J connectivity index is 1.51. The van der Waals surface area contributed by atoms with E-state index in [1.165, 1.54) is 11.8 Å². The third-order valence-electron chi connectivity index (χ3n) is 7.99. The topological polar surface area (TPSA) is 187 Å². The minimum absolute atomic E-state index is 0.0625. The largest absolute Gasteiger partial charge is 0.456 e. The second-order valence-corrected chi connectivity index (χ2v) is 16.0. The van der Waals surface area contributed by atoms with Gasteiger partial charge in [0.2, 0.25) is 0 Å². The number of rotatable bonds is 23. The second kappa shape index (κ2) is 25.9. The van der Waals surface area contributed by atoms with E-state index >= 15 is 0 Å². The van der Waals surface area contributed by atoms with E-state index in [4.69, 9.17) is 37.9 Å². The van der Waals surface area contributed by atoms with E-state index in [2.05, 4.69) is 10.3 Å². The summed E-state index contributed by atoms with van der Waals surface area (Å²) in [4.78, 5) is 67.8. The van der Waals surface area contributed by atoms with Crippen molar-refractivity contribution in [1.82, 2.24) is 10.2 Å². The van der Waals surface area contributed by atoms with Crippen molar-refractivity contribution in [1.29, 1.82) is 0 Å². The van der Waals surface area contributed by atoms with E-state index in [9.17, 15) is 24.0 Å². The van der Waals surface area contributed by atoms with Gasteiger partial charge in [0, 0.05) is 19.5 Å². The fourth-order valence-corrected chi connectivity index (χ4v) is 5.14. The van der Waals surface area contributed by atoms with Gasteiger partial charge >= 0.3 is 24.1 Å². The van der Waals surface area contributed by atoms with Gasteiger partial charge in [-0.25, -0.2) is 24.2 Å². The number of carbonyl (C=O) groups is 5. The van der Waals surface area contributed by atoms with Gasteiger partial charge in [0.05, 0.1) is 69.7 Å². The Hall–Kier alpha value is -5.68. The number of benzene rings is 3. The number of carbonyl (C=O) groups excluding carboxylic acids is 5. The summed E-state index contributed by atoms with van der Waals surface area (Å²) in [6.45, 7) is 16.8. The highest BCUT2D eigenvalue weighted by atomic mass is 16.6. The Labute approximate surface area is 364 Å². The molecule has 0 fully saturated rings. The maximum atomic E-state index is 13.4. The number of alkyl carbamates (subject to hydrolysis) is 1. The first-order chi connectivity index (χ1) is 29.4. The molecule has 0 aliphatic heterocycles. The quantitative estimate of drug-likeness (QED) is 0.0245. The zero-order chi connectivity index (χ0) is 45.5. The van der Waals surface area contributed by atoms with Crippen molar-refractivity contribution in [2.24, 2.45) is 4.99 Å². The van der Waals surface area contributed by atoms with Gasteiger partial charge in [0.25, 0.3) is 0 Å². The minimum atomic E-state index is -0.670. The Kier molecular flexibility index (Phi) is 21.2. The number of nitrogens with one attached hydrogen (secondary N) is 1. The second-order valence-electron chi connectivity index (χ2n) is 16.0. The lowest BCUT2D eigenvalue weighted by molar-refractivity contribution is -0.118. The molecule has 0 aromatic heterocycles. The van der Waals surface area contributed by atoms with Crippen LogP contribution >= 0.6 is 0 Å². The van der Waals surface area contributed by atoms with E-state index in [1.54, 1.807) is 121 Å². The number of Topliss-reactive ketones (excluding diaryl/α,β-unsaturated/α-hetero) is 1. The minimum Gasteiger partial charge on any atom is -0.456 e. The molecule has 2 amide bonds. The van der Waals surface area contributed by atoms with Crippen LogP contribution in [0.4, 0.5) is 15.3 Å². The number of amides is 2. The average Bonchev–Trinajstić information content (AvgIpc) is 3.19. The number of nitrogens with zero attached hydrogens (tertiary/aromatic N) is 2. The van der Waals surface area contributed by atoms with Crippen molar-refractivity contribution in [2.75, 3.05) is 59.4 Å². The summed E-state index contributed by atoms with van der Waals surface area (Å²) >= 11 is 0. The monoisotopic (exact) mass is 863 g/mol. The standard InChI is InChI=1S/C46H61N3O13/c1-33(50)20-22-55-24-26-57-28-29-58-27-25-56-23-21-49(31-36-10-9-11-38(30-36)42(52)61-45(3,4)5)44(54)59-32-35-12-18-40(19-13-35)60-41(51)37-14-16-39(17-15-37)47-34(2)48-43(53)62-46(6,7)8/h9-19,30H,20-29,31-32H2,1-8H3,(H,47,48,53). The van der Waals surface area contributed by atoms with Crippen molar-refractivity contribution >= 4 is 41.4 Å². The Morgan fingerprint density at radius 2 is 1.21 bits per heavy atom. The number of ether oxygens (including phenoxy) is 8. The molecule has 0 aliphatic carbocycles. The van der Waals surface area contributed by atoms with Crippen molar-refractivity contribution in [3.05, 3.63) is 95.1 Å². The van der Waals surface area contributed by atoms with E-state index in [1.807, 2.05) is 0 Å². The molecule has 0 unspecified atom stereocenters. The zero-order valence-electron chi connectivity index (χ0n) is 37.1. The smallest absolute Gasteiger partial charge is 0.413 e. The SMILES string of the molecule is CC(=O)CCOCCOCCOCCOCCN(Cc1cccc(C(=O)OC(C)(C)C)c1)C(=O)OCc1ccc(OC(=O)c2ccc(N=C(C)NC(=O)OC(C)(C)C)cc2)cc1. The number of hydrogen-bond acceptors (Lipinski definition) is 14. The van der Waals surface area contributed by atoms with Gasteiger partial charge in [-0.1, -0.05) is 24.3 Å². The summed E-state index contributed by atoms with van der Waals surface area (Å²) in [5.74, 6) is -0.363. The van der Waals surface area contributed by atoms with Crippen LogP contribution in [-0.4, -0.2) is 111 Å². The van der Waals surface area contributed by atoms with E-state index in [0.717, 1.165) is 0 Å². The van der Waals surface area contributed by atoms with Crippen LogP contribution in [0.5, 0.6) is 5.75 Å². The first-order valence-electron chi connectivity index (χ1n) is 20.4.